The number of fused-ring (bicyclic) bond motifs is 1. The molecule has 1 unspecified atom stereocenters. The van der Waals surface area contributed by atoms with E-state index >= 15 is 0 Å². The third-order valence-corrected chi connectivity index (χ3v) is 7.87. The third kappa shape index (κ3) is 4.28. The Hall–Kier alpha value is -4.37. The van der Waals surface area contributed by atoms with E-state index in [4.69, 9.17) is 19.2 Å². The van der Waals surface area contributed by atoms with E-state index < -0.39 is 17.7 Å². The fourth-order valence-corrected chi connectivity index (χ4v) is 6.26. The molecule has 200 valence electrons. The van der Waals surface area contributed by atoms with Crippen LogP contribution >= 0.6 is 11.3 Å². The first kappa shape index (κ1) is 26.2. The number of amides is 1. The van der Waals surface area contributed by atoms with Gasteiger partial charge in [-0.3, -0.25) is 14.5 Å². The van der Waals surface area contributed by atoms with Crippen molar-refractivity contribution in [1.29, 1.82) is 0 Å². The summed E-state index contributed by atoms with van der Waals surface area (Å²) in [6.07, 6.45) is 0. The highest BCUT2D eigenvalue weighted by Gasteiger charge is 2.49. The van der Waals surface area contributed by atoms with E-state index in [1.54, 1.807) is 43.5 Å². The van der Waals surface area contributed by atoms with Gasteiger partial charge in [-0.2, -0.15) is 0 Å². The number of benzene rings is 3. The van der Waals surface area contributed by atoms with Crippen LogP contribution in [0.1, 0.15) is 33.9 Å². The first-order valence-electron chi connectivity index (χ1n) is 12.2. The number of hydrogen-bond donors (Lipinski definition) is 1. The second-order valence-corrected chi connectivity index (χ2v) is 10.4. The number of hydrogen-bond acceptors (Lipinski definition) is 8. The molecule has 0 bridgehead atoms. The summed E-state index contributed by atoms with van der Waals surface area (Å²) in [4.78, 5) is 33.5. The minimum Gasteiger partial charge on any atom is -0.507 e. The SMILES string of the molecule is COc1ccc(C(O)=C2C(=O)C(=O)N(c3nc4c(C)cc(C)cc4s3)C2c2cccc(OC)c2OC)cc1C. The number of ether oxygens (including phenoxy) is 3. The van der Waals surface area contributed by atoms with Crippen LogP contribution in [-0.2, 0) is 9.59 Å². The predicted molar refractivity (Wildman–Crippen MR) is 151 cm³/mol. The number of rotatable bonds is 6. The van der Waals surface area contributed by atoms with Crippen LogP contribution in [0, 0.1) is 20.8 Å². The number of nitrogens with zero attached hydrogens (tertiary/aromatic N) is 2. The molecule has 0 saturated carbocycles. The second kappa shape index (κ2) is 10.1. The molecule has 3 aromatic carbocycles. The van der Waals surface area contributed by atoms with Crippen LogP contribution in [0.15, 0.2) is 54.1 Å². The molecule has 9 heteroatoms. The number of para-hydroxylation sites is 1. The minimum atomic E-state index is -1.01. The summed E-state index contributed by atoms with van der Waals surface area (Å²) >= 11 is 1.32. The number of ketones is 1. The van der Waals surface area contributed by atoms with Crippen molar-refractivity contribution in [2.45, 2.75) is 26.8 Å². The van der Waals surface area contributed by atoms with Gasteiger partial charge in [0.1, 0.15) is 17.6 Å². The fraction of sp³-hybridized carbons (Fsp3) is 0.233. The summed E-state index contributed by atoms with van der Waals surface area (Å²) in [5.74, 6) is -0.491. The lowest BCUT2D eigenvalue weighted by Gasteiger charge is -2.25. The molecule has 2 heterocycles. The van der Waals surface area contributed by atoms with Crippen LogP contribution in [0.4, 0.5) is 5.13 Å². The Bertz CT molecular complexity index is 1670. The predicted octanol–water partition coefficient (Wildman–Crippen LogP) is 5.87. The Balaban J connectivity index is 1.79. The molecule has 1 N–H and O–H groups in total. The van der Waals surface area contributed by atoms with Gasteiger partial charge in [-0.25, -0.2) is 4.98 Å². The van der Waals surface area contributed by atoms with Crippen molar-refractivity contribution < 1.29 is 28.9 Å². The summed E-state index contributed by atoms with van der Waals surface area (Å²) in [5.41, 5.74) is 4.35. The summed E-state index contributed by atoms with van der Waals surface area (Å²) in [6.45, 7) is 5.79. The maximum absolute atomic E-state index is 13.7. The molecule has 1 fully saturated rings. The zero-order chi connectivity index (χ0) is 28.0. The minimum absolute atomic E-state index is 0.0664. The van der Waals surface area contributed by atoms with E-state index in [-0.39, 0.29) is 11.3 Å². The number of Topliss-reactive ketones (excluding diaryl/α,β-unsaturated/α-hetero) is 1. The van der Waals surface area contributed by atoms with Gasteiger partial charge in [-0.15, -0.1) is 0 Å². The van der Waals surface area contributed by atoms with E-state index in [9.17, 15) is 14.7 Å². The summed E-state index contributed by atoms with van der Waals surface area (Å²) in [6, 6.07) is 13.3. The molecule has 1 atom stereocenters. The standard InChI is InChI=1S/C30H28N2O6S/c1-15-12-17(3)24-22(13-15)39-30(31-24)32-25(19-8-7-9-21(37-5)28(19)38-6)23(27(34)29(32)35)26(33)18-10-11-20(36-4)16(2)14-18/h7-14,25,33H,1-6H3. The lowest BCUT2D eigenvalue weighted by Crippen LogP contribution is -2.29. The Kier molecular flexibility index (Phi) is 6.78. The molecule has 1 aromatic heterocycles. The fourth-order valence-electron chi connectivity index (χ4n) is 5.09. The molecule has 5 rings (SSSR count). The molecular weight excluding hydrogens is 516 g/mol. The molecule has 0 aliphatic carbocycles. The van der Waals surface area contributed by atoms with Crippen molar-refractivity contribution in [3.05, 3.63) is 81.9 Å². The zero-order valence-electron chi connectivity index (χ0n) is 22.5. The largest absolute Gasteiger partial charge is 0.507 e. The van der Waals surface area contributed by atoms with Crippen molar-refractivity contribution in [3.63, 3.8) is 0 Å². The van der Waals surface area contributed by atoms with Gasteiger partial charge in [0.25, 0.3) is 5.78 Å². The van der Waals surface area contributed by atoms with Crippen molar-refractivity contribution in [3.8, 4) is 17.2 Å². The van der Waals surface area contributed by atoms with E-state index in [0.717, 1.165) is 26.9 Å². The number of aliphatic hydroxyl groups excluding tert-OH is 1. The zero-order valence-corrected chi connectivity index (χ0v) is 23.3. The Morgan fingerprint density at radius 2 is 1.67 bits per heavy atom. The van der Waals surface area contributed by atoms with Gasteiger partial charge in [-0.05, 0) is 67.8 Å². The van der Waals surface area contributed by atoms with Gasteiger partial charge >= 0.3 is 5.91 Å². The average Bonchev–Trinajstić information content (AvgIpc) is 3.45. The van der Waals surface area contributed by atoms with Gasteiger partial charge in [0, 0.05) is 11.1 Å². The maximum Gasteiger partial charge on any atom is 0.301 e. The summed E-state index contributed by atoms with van der Waals surface area (Å²) < 4.78 is 17.5. The number of aromatic nitrogens is 1. The lowest BCUT2D eigenvalue weighted by molar-refractivity contribution is -0.132. The van der Waals surface area contributed by atoms with Crippen LogP contribution in [0.5, 0.6) is 17.2 Å². The average molecular weight is 545 g/mol. The van der Waals surface area contributed by atoms with Crippen molar-refractivity contribution >= 4 is 44.1 Å². The number of carbonyl (C=O) groups is 2. The smallest absolute Gasteiger partial charge is 0.301 e. The summed E-state index contributed by atoms with van der Waals surface area (Å²) in [7, 11) is 4.56. The van der Waals surface area contributed by atoms with Crippen LogP contribution in [0.2, 0.25) is 0 Å². The molecule has 8 nitrogen and oxygen atoms in total. The van der Waals surface area contributed by atoms with Gasteiger partial charge in [-0.1, -0.05) is 29.5 Å². The number of thiazole rings is 1. The molecule has 1 aliphatic heterocycles. The second-order valence-electron chi connectivity index (χ2n) is 9.36. The van der Waals surface area contributed by atoms with Gasteiger partial charge in [0.2, 0.25) is 0 Å². The monoisotopic (exact) mass is 544 g/mol. The summed E-state index contributed by atoms with van der Waals surface area (Å²) in [5, 5.41) is 11.9. The molecule has 1 aliphatic rings. The lowest BCUT2D eigenvalue weighted by atomic mass is 9.94. The Morgan fingerprint density at radius 3 is 2.33 bits per heavy atom. The molecule has 1 amide bonds. The highest BCUT2D eigenvalue weighted by molar-refractivity contribution is 7.22. The Morgan fingerprint density at radius 1 is 0.923 bits per heavy atom. The van der Waals surface area contributed by atoms with Crippen LogP contribution < -0.4 is 19.1 Å². The molecule has 0 spiro atoms. The number of carbonyl (C=O) groups excluding carboxylic acids is 2. The van der Waals surface area contributed by atoms with Crippen LogP contribution in [-0.4, -0.2) is 43.1 Å². The first-order chi connectivity index (χ1) is 18.7. The van der Waals surface area contributed by atoms with E-state index in [1.165, 1.54) is 30.5 Å². The Labute approximate surface area is 230 Å². The van der Waals surface area contributed by atoms with Crippen LogP contribution in [0.25, 0.3) is 16.0 Å². The van der Waals surface area contributed by atoms with Gasteiger partial charge < -0.3 is 19.3 Å². The quantitative estimate of drug-likeness (QED) is 0.184. The third-order valence-electron chi connectivity index (χ3n) is 6.87. The number of anilines is 1. The van der Waals surface area contributed by atoms with Crippen molar-refractivity contribution in [1.82, 2.24) is 4.98 Å². The molecule has 4 aromatic rings. The molecular formula is C30H28N2O6S. The van der Waals surface area contributed by atoms with E-state index in [1.807, 2.05) is 32.9 Å². The van der Waals surface area contributed by atoms with Crippen molar-refractivity contribution in [2.24, 2.45) is 0 Å². The van der Waals surface area contributed by atoms with E-state index in [0.29, 0.717) is 33.5 Å². The topological polar surface area (TPSA) is 98.2 Å². The highest BCUT2D eigenvalue weighted by atomic mass is 32.1. The van der Waals surface area contributed by atoms with Gasteiger partial charge in [0.15, 0.2) is 16.6 Å². The molecule has 1 saturated heterocycles. The number of aliphatic hydroxyl groups is 1. The maximum atomic E-state index is 13.7. The highest BCUT2D eigenvalue weighted by Crippen LogP contribution is 2.48. The van der Waals surface area contributed by atoms with Crippen LogP contribution in [0.3, 0.4) is 0 Å². The molecule has 39 heavy (non-hydrogen) atoms. The van der Waals surface area contributed by atoms with E-state index in [2.05, 4.69) is 0 Å². The first-order valence-corrected chi connectivity index (χ1v) is 13.1. The van der Waals surface area contributed by atoms with Crippen molar-refractivity contribution in [2.75, 3.05) is 26.2 Å². The van der Waals surface area contributed by atoms with Gasteiger partial charge in [0.05, 0.1) is 37.1 Å². The number of aryl methyl sites for hydroxylation is 3. The normalized spacial score (nSPS) is 16.7. The molecule has 0 radical (unpaired) electrons. The number of methoxy groups -OCH3 is 3.